The fourth-order valence-electron chi connectivity index (χ4n) is 3.45. The molecule has 3 amide bonds. The van der Waals surface area contributed by atoms with Gasteiger partial charge < -0.3 is 19.9 Å². The first-order valence-corrected chi connectivity index (χ1v) is 11.1. The summed E-state index contributed by atoms with van der Waals surface area (Å²) in [5.41, 5.74) is -1.29. The van der Waals surface area contributed by atoms with Gasteiger partial charge in [-0.25, -0.2) is 0 Å². The highest BCUT2D eigenvalue weighted by molar-refractivity contribution is 7.94. The first-order valence-electron chi connectivity index (χ1n) is 10.2. The third kappa shape index (κ3) is 6.19. The number of alkyl halides is 3. The van der Waals surface area contributed by atoms with Crippen LogP contribution in [0.3, 0.4) is 0 Å². The first-order chi connectivity index (χ1) is 16.2. The Morgan fingerprint density at radius 1 is 0.912 bits per heavy atom. The highest BCUT2D eigenvalue weighted by atomic mass is 32.2. The summed E-state index contributed by atoms with van der Waals surface area (Å²) >= 11 is -0.0471. The smallest absolute Gasteiger partial charge is 0.417 e. The van der Waals surface area contributed by atoms with Crippen molar-refractivity contribution in [1.29, 1.82) is 0 Å². The molecular weight excluding hydrogens is 478 g/mol. The number of ether oxygens (including phenoxy) is 1. The van der Waals surface area contributed by atoms with E-state index >= 15 is 0 Å². The summed E-state index contributed by atoms with van der Waals surface area (Å²) in [5, 5.41) is 2.35. The molecule has 1 aliphatic heterocycles. The molecule has 0 aromatic heterocycles. The van der Waals surface area contributed by atoms with Crippen molar-refractivity contribution in [2.24, 2.45) is 0 Å². The maximum atomic E-state index is 13.2. The lowest BCUT2D eigenvalue weighted by atomic mass is 10.1. The standard InChI is InChI=1S/C22H21F4N3O4S/c23-22(24,25)17-7-3-1-5-15(17)21(32)29-11-9-28(10-12-29)19(30)13-33-18-8-4-2-6-16(18)20(31)27-14-34-26/h1-8H,9-14H2,(H,27,31). The molecule has 3 rings (SSSR count). The number of amides is 3. The molecule has 0 spiro atoms. The van der Waals surface area contributed by atoms with E-state index in [1.165, 1.54) is 34.1 Å². The van der Waals surface area contributed by atoms with Crippen molar-refractivity contribution in [3.8, 4) is 5.75 Å². The number of hydrogen-bond donors (Lipinski definition) is 1. The van der Waals surface area contributed by atoms with Gasteiger partial charge in [-0.2, -0.15) is 17.1 Å². The fourth-order valence-corrected chi connectivity index (χ4v) is 3.63. The van der Waals surface area contributed by atoms with Gasteiger partial charge in [0.05, 0.1) is 34.7 Å². The minimum absolute atomic E-state index is 0.0471. The molecule has 0 saturated carbocycles. The lowest BCUT2D eigenvalue weighted by molar-refractivity contribution is -0.138. The van der Waals surface area contributed by atoms with Crippen LogP contribution >= 0.6 is 12.1 Å². The van der Waals surface area contributed by atoms with E-state index in [0.717, 1.165) is 12.1 Å². The van der Waals surface area contributed by atoms with Crippen LogP contribution in [0, 0.1) is 0 Å². The summed E-state index contributed by atoms with van der Waals surface area (Å²) in [6.45, 7) is -0.00370. The second-order valence-electron chi connectivity index (χ2n) is 7.26. The van der Waals surface area contributed by atoms with E-state index < -0.39 is 35.0 Å². The van der Waals surface area contributed by atoms with Crippen LogP contribution in [0.1, 0.15) is 26.3 Å². The SMILES string of the molecule is O=C(NCSF)c1ccccc1OCC(=O)N1CCN(C(=O)c2ccccc2C(F)(F)F)CC1. The predicted molar refractivity (Wildman–Crippen MR) is 117 cm³/mol. The van der Waals surface area contributed by atoms with Crippen LogP contribution in [0.15, 0.2) is 48.5 Å². The second kappa shape index (κ2) is 11.2. The van der Waals surface area contributed by atoms with Gasteiger partial charge in [-0.1, -0.05) is 24.3 Å². The summed E-state index contributed by atoms with van der Waals surface area (Å²) in [4.78, 5) is 40.0. The fraction of sp³-hybridized carbons (Fsp3) is 0.318. The Labute approximate surface area is 197 Å². The van der Waals surface area contributed by atoms with E-state index in [0.29, 0.717) is 0 Å². The molecule has 1 fully saturated rings. The third-order valence-electron chi connectivity index (χ3n) is 5.15. The number of halogens is 4. The van der Waals surface area contributed by atoms with Crippen LogP contribution in [-0.2, 0) is 11.0 Å². The van der Waals surface area contributed by atoms with E-state index in [-0.39, 0.29) is 62.1 Å². The van der Waals surface area contributed by atoms with Crippen molar-refractivity contribution in [2.45, 2.75) is 6.18 Å². The minimum atomic E-state index is -4.65. The van der Waals surface area contributed by atoms with Crippen molar-refractivity contribution in [1.82, 2.24) is 15.1 Å². The molecule has 1 heterocycles. The minimum Gasteiger partial charge on any atom is -0.483 e. The average molecular weight is 499 g/mol. The molecule has 0 unspecified atom stereocenters. The lowest BCUT2D eigenvalue weighted by Crippen LogP contribution is -2.51. The Balaban J connectivity index is 1.56. The average Bonchev–Trinajstić information content (AvgIpc) is 2.85. The number of hydrogen-bond acceptors (Lipinski definition) is 5. The Morgan fingerprint density at radius 3 is 2.15 bits per heavy atom. The van der Waals surface area contributed by atoms with Gasteiger partial charge in [-0.3, -0.25) is 14.4 Å². The number of nitrogens with zero attached hydrogens (tertiary/aromatic N) is 2. The highest BCUT2D eigenvalue weighted by Crippen LogP contribution is 2.32. The highest BCUT2D eigenvalue weighted by Gasteiger charge is 2.36. The Morgan fingerprint density at radius 2 is 1.50 bits per heavy atom. The molecule has 1 aliphatic rings. The quantitative estimate of drug-likeness (QED) is 0.467. The number of nitrogens with one attached hydrogen (secondary N) is 1. The van der Waals surface area contributed by atoms with Crippen molar-refractivity contribution < 1.29 is 36.2 Å². The zero-order valence-electron chi connectivity index (χ0n) is 17.8. The van der Waals surface area contributed by atoms with E-state index in [2.05, 4.69) is 5.32 Å². The largest absolute Gasteiger partial charge is 0.483 e. The number of rotatable bonds is 7. The first kappa shape index (κ1) is 25.3. The van der Waals surface area contributed by atoms with Crippen LogP contribution in [0.25, 0.3) is 0 Å². The topological polar surface area (TPSA) is 79.0 Å². The van der Waals surface area contributed by atoms with Gasteiger partial charge in [0.1, 0.15) is 5.75 Å². The molecule has 0 aliphatic carbocycles. The molecule has 34 heavy (non-hydrogen) atoms. The monoisotopic (exact) mass is 499 g/mol. The van der Waals surface area contributed by atoms with Crippen LogP contribution in [0.5, 0.6) is 5.75 Å². The molecule has 0 bridgehead atoms. The molecule has 12 heteroatoms. The van der Waals surface area contributed by atoms with Gasteiger partial charge in [0.15, 0.2) is 6.61 Å². The molecule has 0 radical (unpaired) electrons. The number of piperazine rings is 1. The zero-order chi connectivity index (χ0) is 24.7. The molecule has 182 valence electrons. The maximum Gasteiger partial charge on any atom is 0.417 e. The number of carbonyl (C=O) groups is 3. The molecular formula is C22H21F4N3O4S. The molecule has 2 aromatic carbocycles. The Kier molecular flexibility index (Phi) is 8.37. The molecule has 1 N–H and O–H groups in total. The van der Waals surface area contributed by atoms with E-state index in [1.807, 2.05) is 0 Å². The van der Waals surface area contributed by atoms with Crippen LogP contribution in [0.2, 0.25) is 0 Å². The summed E-state index contributed by atoms with van der Waals surface area (Å²) in [6, 6.07) is 10.8. The van der Waals surface area contributed by atoms with E-state index in [1.54, 1.807) is 12.1 Å². The third-order valence-corrected chi connectivity index (χ3v) is 5.41. The zero-order valence-corrected chi connectivity index (χ0v) is 18.6. The van der Waals surface area contributed by atoms with Crippen LogP contribution in [-0.4, -0.2) is 66.2 Å². The van der Waals surface area contributed by atoms with Crippen molar-refractivity contribution in [2.75, 3.05) is 38.7 Å². The van der Waals surface area contributed by atoms with Gasteiger partial charge in [0.25, 0.3) is 17.7 Å². The normalized spacial score (nSPS) is 14.0. The van der Waals surface area contributed by atoms with E-state index in [9.17, 15) is 31.4 Å². The molecule has 7 nitrogen and oxygen atoms in total. The van der Waals surface area contributed by atoms with E-state index in [4.69, 9.17) is 4.74 Å². The Hall–Kier alpha value is -3.28. The number of benzene rings is 2. The van der Waals surface area contributed by atoms with Gasteiger partial charge in [-0.15, -0.1) is 0 Å². The number of carbonyl (C=O) groups excluding carboxylic acids is 3. The van der Waals surface area contributed by atoms with Crippen molar-refractivity contribution in [3.63, 3.8) is 0 Å². The number of para-hydroxylation sites is 1. The maximum absolute atomic E-state index is 13.2. The Bertz CT molecular complexity index is 1040. The van der Waals surface area contributed by atoms with Crippen molar-refractivity contribution >= 4 is 29.9 Å². The molecule has 0 atom stereocenters. The van der Waals surface area contributed by atoms with Gasteiger partial charge in [-0.05, 0) is 24.3 Å². The second-order valence-corrected chi connectivity index (χ2v) is 7.77. The van der Waals surface area contributed by atoms with Crippen molar-refractivity contribution in [3.05, 3.63) is 65.2 Å². The van der Waals surface area contributed by atoms with Gasteiger partial charge in [0.2, 0.25) is 0 Å². The summed E-state index contributed by atoms with van der Waals surface area (Å²) in [5.74, 6) is -1.79. The van der Waals surface area contributed by atoms with Crippen LogP contribution in [0.4, 0.5) is 17.1 Å². The van der Waals surface area contributed by atoms with Gasteiger partial charge in [0, 0.05) is 26.2 Å². The summed E-state index contributed by atoms with van der Waals surface area (Å²) in [7, 11) is 0. The lowest BCUT2D eigenvalue weighted by Gasteiger charge is -2.35. The molecule has 1 saturated heterocycles. The summed E-state index contributed by atoms with van der Waals surface area (Å²) < 4.78 is 57.4. The molecule has 2 aromatic rings. The van der Waals surface area contributed by atoms with Crippen LogP contribution < -0.4 is 10.1 Å². The van der Waals surface area contributed by atoms with Gasteiger partial charge >= 0.3 is 6.18 Å². The predicted octanol–water partition coefficient (Wildman–Crippen LogP) is 3.37. The summed E-state index contributed by atoms with van der Waals surface area (Å²) in [6.07, 6.45) is -4.65.